The molecule has 0 aromatic heterocycles. The van der Waals surface area contributed by atoms with Gasteiger partial charge in [0.1, 0.15) is 5.82 Å². The lowest BCUT2D eigenvalue weighted by molar-refractivity contribution is 0.255. The molecule has 0 bridgehead atoms. The summed E-state index contributed by atoms with van der Waals surface area (Å²) in [6.07, 6.45) is 0.739. The third kappa shape index (κ3) is 5.35. The van der Waals surface area contributed by atoms with Gasteiger partial charge in [-0.15, -0.1) is 0 Å². The van der Waals surface area contributed by atoms with Crippen molar-refractivity contribution in [1.29, 1.82) is 0 Å². The van der Waals surface area contributed by atoms with Crippen LogP contribution in [0.25, 0.3) is 0 Å². The third-order valence-electron chi connectivity index (χ3n) is 5.59. The highest BCUT2D eigenvalue weighted by atomic mass is 32.2. The summed E-state index contributed by atoms with van der Waals surface area (Å²) in [7, 11) is -3.50. The van der Waals surface area contributed by atoms with Gasteiger partial charge in [-0.1, -0.05) is 18.2 Å². The first-order valence-corrected chi connectivity index (χ1v) is 11.6. The Labute approximate surface area is 173 Å². The molecule has 0 aliphatic carbocycles. The molecule has 158 valence electrons. The summed E-state index contributed by atoms with van der Waals surface area (Å²) in [6.45, 7) is 10.2. The lowest BCUT2D eigenvalue weighted by Crippen LogP contribution is -2.47. The van der Waals surface area contributed by atoms with Crippen LogP contribution in [0.1, 0.15) is 23.1 Å². The number of benzene rings is 2. The summed E-state index contributed by atoms with van der Waals surface area (Å²) < 4.78 is 41.9. The van der Waals surface area contributed by atoms with E-state index in [-0.39, 0.29) is 5.82 Å². The van der Waals surface area contributed by atoms with Gasteiger partial charge in [0, 0.05) is 32.7 Å². The monoisotopic (exact) mass is 419 g/mol. The molecule has 1 saturated heterocycles. The Morgan fingerprint density at radius 1 is 0.966 bits per heavy atom. The quantitative estimate of drug-likeness (QED) is 0.700. The van der Waals surface area contributed by atoms with Crippen molar-refractivity contribution in [2.75, 3.05) is 44.2 Å². The topological polar surface area (TPSA) is 52.7 Å². The first-order valence-electron chi connectivity index (χ1n) is 10.1. The molecule has 5 nitrogen and oxygen atoms in total. The van der Waals surface area contributed by atoms with Crippen LogP contribution in [0.3, 0.4) is 0 Å². The van der Waals surface area contributed by atoms with Crippen molar-refractivity contribution in [3.8, 4) is 0 Å². The van der Waals surface area contributed by atoms with E-state index in [0.717, 1.165) is 55.8 Å². The van der Waals surface area contributed by atoms with Crippen LogP contribution < -0.4 is 9.62 Å². The SMILES string of the molecule is Cc1cc(C)c(S(=O)(=O)NCCCN2CCN(c3ccccc3F)CC2)cc1C. The normalized spacial score (nSPS) is 15.7. The highest BCUT2D eigenvalue weighted by Gasteiger charge is 2.20. The molecule has 2 aromatic rings. The molecule has 1 N–H and O–H groups in total. The van der Waals surface area contributed by atoms with E-state index in [1.165, 1.54) is 6.07 Å². The van der Waals surface area contributed by atoms with Gasteiger partial charge in [0.2, 0.25) is 10.0 Å². The van der Waals surface area contributed by atoms with Crippen molar-refractivity contribution in [2.45, 2.75) is 32.1 Å². The lowest BCUT2D eigenvalue weighted by atomic mass is 10.1. The van der Waals surface area contributed by atoms with Crippen molar-refractivity contribution < 1.29 is 12.8 Å². The van der Waals surface area contributed by atoms with Gasteiger partial charge in [-0.3, -0.25) is 4.90 Å². The number of anilines is 1. The number of hydrogen-bond acceptors (Lipinski definition) is 4. The van der Waals surface area contributed by atoms with Crippen LogP contribution in [-0.2, 0) is 10.0 Å². The summed E-state index contributed by atoms with van der Waals surface area (Å²) in [4.78, 5) is 4.73. The summed E-state index contributed by atoms with van der Waals surface area (Å²) >= 11 is 0. The molecule has 7 heteroatoms. The fourth-order valence-corrected chi connectivity index (χ4v) is 5.11. The van der Waals surface area contributed by atoms with E-state index < -0.39 is 10.0 Å². The van der Waals surface area contributed by atoms with E-state index in [0.29, 0.717) is 17.1 Å². The molecule has 1 fully saturated rings. The number of hydrogen-bond donors (Lipinski definition) is 1. The maximum Gasteiger partial charge on any atom is 0.240 e. The van der Waals surface area contributed by atoms with E-state index in [4.69, 9.17) is 0 Å². The Hall–Kier alpha value is -1.96. The number of nitrogens with one attached hydrogen (secondary N) is 1. The van der Waals surface area contributed by atoms with Crippen molar-refractivity contribution >= 4 is 15.7 Å². The minimum absolute atomic E-state index is 0.183. The molecule has 0 saturated carbocycles. The van der Waals surface area contributed by atoms with Gasteiger partial charge in [-0.2, -0.15) is 0 Å². The van der Waals surface area contributed by atoms with Crippen LogP contribution in [0.5, 0.6) is 0 Å². The highest BCUT2D eigenvalue weighted by molar-refractivity contribution is 7.89. The van der Waals surface area contributed by atoms with Crippen LogP contribution in [0.2, 0.25) is 0 Å². The van der Waals surface area contributed by atoms with Gasteiger partial charge in [0.05, 0.1) is 10.6 Å². The largest absolute Gasteiger partial charge is 0.367 e. The second kappa shape index (κ2) is 9.24. The molecular formula is C22H30FN3O2S. The number of piperazine rings is 1. The van der Waals surface area contributed by atoms with Gasteiger partial charge in [0.15, 0.2) is 0 Å². The van der Waals surface area contributed by atoms with Crippen molar-refractivity contribution in [1.82, 2.24) is 9.62 Å². The molecule has 0 spiro atoms. The summed E-state index contributed by atoms with van der Waals surface area (Å²) in [5.74, 6) is -0.183. The summed E-state index contributed by atoms with van der Waals surface area (Å²) in [5.41, 5.74) is 3.49. The molecule has 3 rings (SSSR count). The fraction of sp³-hybridized carbons (Fsp3) is 0.455. The van der Waals surface area contributed by atoms with E-state index >= 15 is 0 Å². The third-order valence-corrected chi connectivity index (χ3v) is 7.19. The molecule has 0 amide bonds. The van der Waals surface area contributed by atoms with Crippen LogP contribution in [0.15, 0.2) is 41.3 Å². The highest BCUT2D eigenvalue weighted by Crippen LogP contribution is 2.21. The minimum Gasteiger partial charge on any atom is -0.367 e. The Morgan fingerprint density at radius 3 is 2.31 bits per heavy atom. The molecule has 1 aliphatic heterocycles. The zero-order chi connectivity index (χ0) is 21.0. The molecule has 1 aliphatic rings. The maximum absolute atomic E-state index is 13.9. The van der Waals surface area contributed by atoms with Crippen molar-refractivity contribution in [3.63, 3.8) is 0 Å². The van der Waals surface area contributed by atoms with E-state index in [1.54, 1.807) is 12.1 Å². The number of aryl methyl sites for hydroxylation is 3. The molecule has 2 aromatic carbocycles. The Kier molecular flexibility index (Phi) is 6.93. The van der Waals surface area contributed by atoms with Crippen LogP contribution in [-0.4, -0.2) is 52.6 Å². The number of rotatable bonds is 7. The predicted molar refractivity (Wildman–Crippen MR) is 116 cm³/mol. The average Bonchev–Trinajstić information content (AvgIpc) is 2.69. The smallest absolute Gasteiger partial charge is 0.240 e. The van der Waals surface area contributed by atoms with Crippen LogP contribution >= 0.6 is 0 Å². The fourth-order valence-electron chi connectivity index (χ4n) is 3.73. The lowest BCUT2D eigenvalue weighted by Gasteiger charge is -2.36. The zero-order valence-electron chi connectivity index (χ0n) is 17.4. The number of sulfonamides is 1. The molecule has 0 unspecified atom stereocenters. The van der Waals surface area contributed by atoms with Gasteiger partial charge in [-0.05, 0) is 68.6 Å². The summed E-state index contributed by atoms with van der Waals surface area (Å²) in [5, 5.41) is 0. The predicted octanol–water partition coefficient (Wildman–Crippen LogP) is 3.24. The van der Waals surface area contributed by atoms with Crippen LogP contribution in [0.4, 0.5) is 10.1 Å². The number of para-hydroxylation sites is 1. The number of nitrogens with zero attached hydrogens (tertiary/aromatic N) is 2. The van der Waals surface area contributed by atoms with Crippen molar-refractivity contribution in [3.05, 3.63) is 58.9 Å². The standard InChI is InChI=1S/C22H30FN3O2S/c1-17-15-19(3)22(16-18(17)2)29(27,28)24-9-6-10-25-11-13-26(14-12-25)21-8-5-4-7-20(21)23/h4-5,7-8,15-16,24H,6,9-14H2,1-3H3. The number of halogens is 1. The van der Waals surface area contributed by atoms with Gasteiger partial charge < -0.3 is 4.90 Å². The minimum atomic E-state index is -3.50. The van der Waals surface area contributed by atoms with Gasteiger partial charge in [0.25, 0.3) is 0 Å². The molecule has 1 heterocycles. The maximum atomic E-state index is 13.9. The Bertz CT molecular complexity index is 955. The first-order chi connectivity index (χ1) is 13.8. The van der Waals surface area contributed by atoms with Gasteiger partial charge in [-0.25, -0.2) is 17.5 Å². The average molecular weight is 420 g/mol. The Balaban J connectivity index is 1.45. The molecular weight excluding hydrogens is 389 g/mol. The molecule has 29 heavy (non-hydrogen) atoms. The summed E-state index contributed by atoms with van der Waals surface area (Å²) in [6, 6.07) is 10.5. The Morgan fingerprint density at radius 2 is 1.62 bits per heavy atom. The second-order valence-corrected chi connectivity index (χ2v) is 9.47. The van der Waals surface area contributed by atoms with E-state index in [9.17, 15) is 12.8 Å². The van der Waals surface area contributed by atoms with Crippen molar-refractivity contribution in [2.24, 2.45) is 0 Å². The first kappa shape index (κ1) is 21.7. The molecule has 0 atom stereocenters. The van der Waals surface area contributed by atoms with Crippen LogP contribution in [0, 0.1) is 26.6 Å². The van der Waals surface area contributed by atoms with E-state index in [2.05, 4.69) is 14.5 Å². The van der Waals surface area contributed by atoms with Gasteiger partial charge >= 0.3 is 0 Å². The molecule has 0 radical (unpaired) electrons. The van der Waals surface area contributed by atoms with E-state index in [1.807, 2.05) is 39.0 Å². The zero-order valence-corrected chi connectivity index (χ0v) is 18.2. The second-order valence-electron chi connectivity index (χ2n) is 7.73.